The first kappa shape index (κ1) is 17.7. The van der Waals surface area contributed by atoms with E-state index in [-0.39, 0.29) is 30.9 Å². The molecule has 3 amide bonds. The van der Waals surface area contributed by atoms with Crippen LogP contribution in [0.1, 0.15) is 6.92 Å². The standard InChI is InChI=1S/C19H21N3O5/c1-11(24)21-12-2-4-13(5-3-12)22-10-19-7-6-14(27-19)15(16(19)18(22)26)17(25)20-8-9-23/h2-7,14-16,23H,8-10H2,1H3,(H,20,25)(H,21,24)/t14-,15+,16-,19-/m1/s1. The van der Waals surface area contributed by atoms with Gasteiger partial charge in [0.15, 0.2) is 0 Å². The molecule has 4 atom stereocenters. The number of nitrogens with zero attached hydrogens (tertiary/aromatic N) is 1. The number of rotatable bonds is 5. The number of ether oxygens (including phenoxy) is 1. The number of hydrogen-bond acceptors (Lipinski definition) is 5. The van der Waals surface area contributed by atoms with Gasteiger partial charge in [-0.05, 0) is 24.3 Å². The van der Waals surface area contributed by atoms with E-state index in [1.807, 2.05) is 12.2 Å². The Labute approximate surface area is 156 Å². The van der Waals surface area contributed by atoms with Crippen LogP contribution in [-0.4, -0.2) is 54.2 Å². The average molecular weight is 371 g/mol. The predicted molar refractivity (Wildman–Crippen MR) is 96.9 cm³/mol. The van der Waals surface area contributed by atoms with Gasteiger partial charge in [0.2, 0.25) is 17.7 Å². The molecule has 2 bridgehead atoms. The molecule has 1 spiro atoms. The van der Waals surface area contributed by atoms with Crippen molar-refractivity contribution in [3.05, 3.63) is 36.4 Å². The van der Waals surface area contributed by atoms with Crippen molar-refractivity contribution in [2.24, 2.45) is 11.8 Å². The largest absolute Gasteiger partial charge is 0.395 e. The van der Waals surface area contributed by atoms with Crippen molar-refractivity contribution < 1.29 is 24.2 Å². The molecule has 3 N–H and O–H groups in total. The molecule has 1 aromatic carbocycles. The summed E-state index contributed by atoms with van der Waals surface area (Å²) >= 11 is 0. The zero-order chi connectivity index (χ0) is 19.2. The van der Waals surface area contributed by atoms with Crippen LogP contribution in [0.15, 0.2) is 36.4 Å². The summed E-state index contributed by atoms with van der Waals surface area (Å²) in [5.74, 6) is -1.78. The fourth-order valence-corrected chi connectivity index (χ4v) is 4.24. The smallest absolute Gasteiger partial charge is 0.234 e. The van der Waals surface area contributed by atoms with E-state index < -0.39 is 23.5 Å². The number of hydrogen-bond donors (Lipinski definition) is 3. The number of carbonyl (C=O) groups is 3. The normalized spacial score (nSPS) is 30.5. The Balaban J connectivity index is 1.57. The number of nitrogens with one attached hydrogen (secondary N) is 2. The second kappa shape index (κ2) is 6.47. The van der Waals surface area contributed by atoms with Crippen molar-refractivity contribution in [3.8, 4) is 0 Å². The average Bonchev–Trinajstić information content (AvgIpc) is 3.28. The predicted octanol–water partition coefficient (Wildman–Crippen LogP) is 0.0399. The fourth-order valence-electron chi connectivity index (χ4n) is 4.24. The van der Waals surface area contributed by atoms with E-state index in [4.69, 9.17) is 9.84 Å². The Morgan fingerprint density at radius 2 is 2.07 bits per heavy atom. The maximum atomic E-state index is 13.1. The SMILES string of the molecule is CC(=O)Nc1ccc(N2C[C@@]34C=C[C@@H](O3)[C@H](C(=O)NCCO)[C@@H]4C2=O)cc1. The molecule has 2 saturated heterocycles. The number of benzene rings is 1. The number of fused-ring (bicyclic) bond motifs is 1. The third-order valence-corrected chi connectivity index (χ3v) is 5.31. The van der Waals surface area contributed by atoms with Gasteiger partial charge in [-0.2, -0.15) is 0 Å². The van der Waals surface area contributed by atoms with Gasteiger partial charge >= 0.3 is 0 Å². The van der Waals surface area contributed by atoms with Crippen LogP contribution in [0, 0.1) is 11.8 Å². The Morgan fingerprint density at radius 3 is 2.74 bits per heavy atom. The topological polar surface area (TPSA) is 108 Å². The van der Waals surface area contributed by atoms with Crippen LogP contribution in [0.5, 0.6) is 0 Å². The van der Waals surface area contributed by atoms with E-state index in [0.717, 1.165) is 0 Å². The van der Waals surface area contributed by atoms with E-state index in [9.17, 15) is 14.4 Å². The van der Waals surface area contributed by atoms with Gasteiger partial charge in [0.25, 0.3) is 0 Å². The molecule has 0 aromatic heterocycles. The molecule has 3 aliphatic rings. The van der Waals surface area contributed by atoms with E-state index in [0.29, 0.717) is 17.9 Å². The van der Waals surface area contributed by atoms with Gasteiger partial charge in [0.1, 0.15) is 5.60 Å². The Hall–Kier alpha value is -2.71. The molecule has 1 aromatic rings. The lowest BCUT2D eigenvalue weighted by atomic mass is 9.77. The van der Waals surface area contributed by atoms with Crippen molar-refractivity contribution in [1.82, 2.24) is 5.32 Å². The molecular weight excluding hydrogens is 350 g/mol. The molecule has 0 saturated carbocycles. The first-order chi connectivity index (χ1) is 12.9. The second-order valence-electron chi connectivity index (χ2n) is 7.07. The number of carbonyl (C=O) groups excluding carboxylic acids is 3. The summed E-state index contributed by atoms with van der Waals surface area (Å²) in [6.45, 7) is 1.76. The van der Waals surface area contributed by atoms with Gasteiger partial charge in [-0.25, -0.2) is 0 Å². The molecule has 27 heavy (non-hydrogen) atoms. The van der Waals surface area contributed by atoms with Crippen LogP contribution in [0.4, 0.5) is 11.4 Å². The van der Waals surface area contributed by atoms with E-state index in [2.05, 4.69) is 10.6 Å². The lowest BCUT2D eigenvalue weighted by molar-refractivity contribution is -0.132. The quantitative estimate of drug-likeness (QED) is 0.634. The minimum Gasteiger partial charge on any atom is -0.395 e. The fraction of sp³-hybridized carbons (Fsp3) is 0.421. The minimum absolute atomic E-state index is 0.147. The van der Waals surface area contributed by atoms with Crippen molar-refractivity contribution in [2.45, 2.75) is 18.6 Å². The van der Waals surface area contributed by atoms with Crippen LogP contribution in [0.2, 0.25) is 0 Å². The van der Waals surface area contributed by atoms with Crippen LogP contribution in [0.25, 0.3) is 0 Å². The zero-order valence-electron chi connectivity index (χ0n) is 14.8. The van der Waals surface area contributed by atoms with E-state index in [1.165, 1.54) is 6.92 Å². The van der Waals surface area contributed by atoms with E-state index in [1.54, 1.807) is 29.2 Å². The summed E-state index contributed by atoms with van der Waals surface area (Å²) in [6.07, 6.45) is 3.32. The van der Waals surface area contributed by atoms with Crippen molar-refractivity contribution >= 4 is 29.1 Å². The van der Waals surface area contributed by atoms with Gasteiger partial charge in [-0.15, -0.1) is 0 Å². The van der Waals surface area contributed by atoms with Gasteiger partial charge in [0.05, 0.1) is 31.1 Å². The van der Waals surface area contributed by atoms with Gasteiger partial charge in [-0.3, -0.25) is 14.4 Å². The summed E-state index contributed by atoms with van der Waals surface area (Å²) in [5.41, 5.74) is 0.543. The highest BCUT2D eigenvalue weighted by Crippen LogP contribution is 2.52. The maximum absolute atomic E-state index is 13.1. The molecule has 0 radical (unpaired) electrons. The Kier molecular flexibility index (Phi) is 4.24. The summed E-state index contributed by atoms with van der Waals surface area (Å²) in [4.78, 5) is 38.4. The molecule has 2 fully saturated rings. The molecule has 4 rings (SSSR count). The zero-order valence-corrected chi connectivity index (χ0v) is 14.8. The first-order valence-corrected chi connectivity index (χ1v) is 8.90. The highest BCUT2D eigenvalue weighted by atomic mass is 16.5. The maximum Gasteiger partial charge on any atom is 0.234 e. The molecule has 3 aliphatic heterocycles. The Bertz CT molecular complexity index is 821. The lowest BCUT2D eigenvalue weighted by Crippen LogP contribution is -2.44. The molecule has 8 nitrogen and oxygen atoms in total. The van der Waals surface area contributed by atoms with Crippen LogP contribution in [0.3, 0.4) is 0 Å². The summed E-state index contributed by atoms with van der Waals surface area (Å²) in [6, 6.07) is 6.99. The third-order valence-electron chi connectivity index (χ3n) is 5.31. The minimum atomic E-state index is -0.792. The molecule has 0 unspecified atom stereocenters. The molecule has 142 valence electrons. The lowest BCUT2D eigenvalue weighted by Gasteiger charge is -2.23. The van der Waals surface area contributed by atoms with E-state index >= 15 is 0 Å². The summed E-state index contributed by atoms with van der Waals surface area (Å²) < 4.78 is 6.04. The van der Waals surface area contributed by atoms with Gasteiger partial charge < -0.3 is 25.4 Å². The van der Waals surface area contributed by atoms with Gasteiger partial charge in [-0.1, -0.05) is 12.2 Å². The summed E-state index contributed by atoms with van der Waals surface area (Å²) in [7, 11) is 0. The van der Waals surface area contributed by atoms with Crippen LogP contribution < -0.4 is 15.5 Å². The third kappa shape index (κ3) is 2.81. The van der Waals surface area contributed by atoms with Crippen molar-refractivity contribution in [2.75, 3.05) is 29.9 Å². The number of aliphatic hydroxyl groups is 1. The van der Waals surface area contributed by atoms with Crippen molar-refractivity contribution in [3.63, 3.8) is 0 Å². The number of amides is 3. The van der Waals surface area contributed by atoms with Crippen LogP contribution in [-0.2, 0) is 19.1 Å². The van der Waals surface area contributed by atoms with Gasteiger partial charge in [0, 0.05) is 24.8 Å². The first-order valence-electron chi connectivity index (χ1n) is 8.90. The second-order valence-corrected chi connectivity index (χ2v) is 7.07. The molecule has 0 aliphatic carbocycles. The number of anilines is 2. The monoisotopic (exact) mass is 371 g/mol. The Morgan fingerprint density at radius 1 is 1.33 bits per heavy atom. The highest BCUT2D eigenvalue weighted by molar-refractivity contribution is 6.03. The molecular formula is C19H21N3O5. The summed E-state index contributed by atoms with van der Waals surface area (Å²) in [5, 5.41) is 14.3. The highest BCUT2D eigenvalue weighted by Gasteiger charge is 2.66. The molecule has 3 heterocycles. The van der Waals surface area contributed by atoms with Crippen LogP contribution >= 0.6 is 0 Å². The molecule has 8 heteroatoms. The van der Waals surface area contributed by atoms with Crippen molar-refractivity contribution in [1.29, 1.82) is 0 Å². The number of aliphatic hydroxyl groups excluding tert-OH is 1.